The van der Waals surface area contributed by atoms with Gasteiger partial charge in [0.2, 0.25) is 5.91 Å². The van der Waals surface area contributed by atoms with Crippen molar-refractivity contribution >= 4 is 12.0 Å². The summed E-state index contributed by atoms with van der Waals surface area (Å²) in [5.41, 5.74) is 0.229. The summed E-state index contributed by atoms with van der Waals surface area (Å²) in [5.74, 6) is 0.755. The molecule has 4 nitrogen and oxygen atoms in total. The summed E-state index contributed by atoms with van der Waals surface area (Å²) in [5, 5.41) is 9.57. The normalized spacial score (nSPS) is 17.3. The Morgan fingerprint density at radius 2 is 2.05 bits per heavy atom. The lowest BCUT2D eigenvalue weighted by Crippen LogP contribution is -2.61. The number of nitrogens with zero attached hydrogens (tertiary/aromatic N) is 1. The first-order valence-corrected chi connectivity index (χ1v) is 6.42. The molecule has 1 aliphatic heterocycles. The molecule has 4 heteroatoms. The van der Waals surface area contributed by atoms with Gasteiger partial charge in [0, 0.05) is 6.08 Å². The number of likely N-dealkylation sites (tertiary alicyclic amines) is 1. The molecule has 0 aromatic heterocycles. The van der Waals surface area contributed by atoms with E-state index in [9.17, 15) is 9.90 Å². The van der Waals surface area contributed by atoms with Gasteiger partial charge in [-0.05, 0) is 37.6 Å². The predicted octanol–water partition coefficient (Wildman–Crippen LogP) is 1.69. The zero-order valence-corrected chi connectivity index (χ0v) is 11.3. The molecule has 1 aromatic rings. The van der Waals surface area contributed by atoms with Crippen LogP contribution in [0.2, 0.25) is 0 Å². The van der Waals surface area contributed by atoms with Crippen LogP contribution in [0.1, 0.15) is 19.4 Å². The molecule has 1 heterocycles. The molecule has 1 amide bonds. The van der Waals surface area contributed by atoms with Gasteiger partial charge < -0.3 is 14.7 Å². The molecule has 0 saturated carbocycles. The van der Waals surface area contributed by atoms with Crippen LogP contribution < -0.4 is 4.74 Å². The van der Waals surface area contributed by atoms with Gasteiger partial charge in [-0.2, -0.15) is 0 Å². The van der Waals surface area contributed by atoms with Crippen molar-refractivity contribution in [3.05, 3.63) is 35.9 Å². The quantitative estimate of drug-likeness (QED) is 0.839. The lowest BCUT2D eigenvalue weighted by atomic mass is 9.97. The Labute approximate surface area is 113 Å². The third kappa shape index (κ3) is 3.58. The first kappa shape index (κ1) is 13.6. The van der Waals surface area contributed by atoms with Crippen molar-refractivity contribution in [1.29, 1.82) is 0 Å². The van der Waals surface area contributed by atoms with Gasteiger partial charge in [0.15, 0.2) is 0 Å². The van der Waals surface area contributed by atoms with Gasteiger partial charge in [0.1, 0.15) is 5.75 Å². The lowest BCUT2D eigenvalue weighted by molar-refractivity contribution is -0.146. The monoisotopic (exact) mass is 261 g/mol. The Hall–Kier alpha value is -1.81. The van der Waals surface area contributed by atoms with Gasteiger partial charge in [-0.25, -0.2) is 0 Å². The first-order valence-electron chi connectivity index (χ1n) is 6.42. The van der Waals surface area contributed by atoms with Crippen LogP contribution in [0.25, 0.3) is 6.08 Å². The topological polar surface area (TPSA) is 49.8 Å². The summed E-state index contributed by atoms with van der Waals surface area (Å²) in [6, 6.07) is 7.56. The highest BCUT2D eigenvalue weighted by Crippen LogP contribution is 2.20. The molecule has 1 saturated heterocycles. The first-order chi connectivity index (χ1) is 9.00. The number of β-amino-alcohol motifs (C(OH)–C–C–N with tert-alkyl or cyclic N) is 1. The summed E-state index contributed by atoms with van der Waals surface area (Å²) in [6.07, 6.45) is 3.30. The van der Waals surface area contributed by atoms with Crippen molar-refractivity contribution in [3.8, 4) is 5.75 Å². The highest BCUT2D eigenvalue weighted by molar-refractivity contribution is 5.92. The second-order valence-corrected chi connectivity index (χ2v) is 5.03. The largest absolute Gasteiger partial charge is 0.494 e. The maximum Gasteiger partial charge on any atom is 0.246 e. The van der Waals surface area contributed by atoms with Gasteiger partial charge in [-0.3, -0.25) is 4.79 Å². The Bertz CT molecular complexity index is 469. The van der Waals surface area contributed by atoms with Crippen molar-refractivity contribution < 1.29 is 14.6 Å². The summed E-state index contributed by atoms with van der Waals surface area (Å²) in [4.78, 5) is 13.4. The van der Waals surface area contributed by atoms with Crippen LogP contribution in [0.3, 0.4) is 0 Å². The number of carbonyl (C=O) groups is 1. The standard InChI is InChI=1S/C15H19NO3/c1-3-19-13-7-4-12(5-8-13)6-9-14(17)16-10-15(2,18)11-16/h4-9,18H,3,10-11H2,1-2H3. The molecule has 0 spiro atoms. The summed E-state index contributed by atoms with van der Waals surface area (Å²) < 4.78 is 5.35. The Morgan fingerprint density at radius 1 is 1.42 bits per heavy atom. The third-order valence-electron chi connectivity index (χ3n) is 2.98. The van der Waals surface area contributed by atoms with Crippen LogP contribution in [0, 0.1) is 0 Å². The molecule has 19 heavy (non-hydrogen) atoms. The molecule has 102 valence electrons. The number of benzene rings is 1. The van der Waals surface area contributed by atoms with Crippen LogP contribution in [-0.2, 0) is 4.79 Å². The highest BCUT2D eigenvalue weighted by atomic mass is 16.5. The van der Waals surface area contributed by atoms with Crippen LogP contribution in [-0.4, -0.2) is 41.2 Å². The van der Waals surface area contributed by atoms with Crippen molar-refractivity contribution in [1.82, 2.24) is 4.90 Å². The molecule has 1 N–H and O–H groups in total. The Balaban J connectivity index is 1.90. The van der Waals surface area contributed by atoms with Gasteiger partial charge in [-0.15, -0.1) is 0 Å². The smallest absolute Gasteiger partial charge is 0.246 e. The fraction of sp³-hybridized carbons (Fsp3) is 0.400. The number of amides is 1. The lowest BCUT2D eigenvalue weighted by Gasteiger charge is -2.43. The van der Waals surface area contributed by atoms with Crippen molar-refractivity contribution in [2.45, 2.75) is 19.4 Å². The predicted molar refractivity (Wildman–Crippen MR) is 73.8 cm³/mol. The van der Waals surface area contributed by atoms with Crippen molar-refractivity contribution in [3.63, 3.8) is 0 Å². The molecule has 1 aromatic carbocycles. The molecule has 2 rings (SSSR count). The minimum absolute atomic E-state index is 0.0691. The number of hydrogen-bond acceptors (Lipinski definition) is 3. The molecule has 1 aliphatic rings. The van der Waals surface area contributed by atoms with E-state index in [-0.39, 0.29) is 5.91 Å². The van der Waals surface area contributed by atoms with Crippen molar-refractivity contribution in [2.75, 3.05) is 19.7 Å². The van der Waals surface area contributed by atoms with E-state index in [1.165, 1.54) is 6.08 Å². The number of carbonyl (C=O) groups excluding carboxylic acids is 1. The molecule has 0 atom stereocenters. The zero-order valence-electron chi connectivity index (χ0n) is 11.3. The maximum atomic E-state index is 11.8. The molecule has 1 fully saturated rings. The Morgan fingerprint density at radius 3 is 2.58 bits per heavy atom. The van der Waals surface area contributed by atoms with Crippen LogP contribution in [0.5, 0.6) is 5.75 Å². The van der Waals surface area contributed by atoms with E-state index < -0.39 is 5.60 Å². The minimum Gasteiger partial charge on any atom is -0.494 e. The fourth-order valence-corrected chi connectivity index (χ4v) is 2.05. The summed E-state index contributed by atoms with van der Waals surface area (Å²) >= 11 is 0. The molecule has 0 radical (unpaired) electrons. The van der Waals surface area contributed by atoms with Gasteiger partial charge in [0.05, 0.1) is 25.3 Å². The average Bonchev–Trinajstić information content (AvgIpc) is 2.35. The van der Waals surface area contributed by atoms with Gasteiger partial charge in [-0.1, -0.05) is 12.1 Å². The molecular weight excluding hydrogens is 242 g/mol. The van der Waals surface area contributed by atoms with Crippen molar-refractivity contribution in [2.24, 2.45) is 0 Å². The fourth-order valence-electron chi connectivity index (χ4n) is 2.05. The second-order valence-electron chi connectivity index (χ2n) is 5.03. The Kier molecular flexibility index (Phi) is 3.90. The number of rotatable bonds is 4. The molecule has 0 unspecified atom stereocenters. The summed E-state index contributed by atoms with van der Waals surface area (Å²) in [6.45, 7) is 5.11. The van der Waals surface area contributed by atoms with Gasteiger partial charge >= 0.3 is 0 Å². The molecule has 0 aliphatic carbocycles. The number of ether oxygens (including phenoxy) is 1. The van der Waals surface area contributed by atoms with Crippen LogP contribution in [0.4, 0.5) is 0 Å². The molecular formula is C15H19NO3. The number of aliphatic hydroxyl groups is 1. The average molecular weight is 261 g/mol. The maximum absolute atomic E-state index is 11.8. The number of hydrogen-bond donors (Lipinski definition) is 1. The third-order valence-corrected chi connectivity index (χ3v) is 2.98. The summed E-state index contributed by atoms with van der Waals surface area (Å²) in [7, 11) is 0. The molecule has 0 bridgehead atoms. The highest BCUT2D eigenvalue weighted by Gasteiger charge is 2.38. The van der Waals surface area contributed by atoms with E-state index in [0.29, 0.717) is 19.7 Å². The van der Waals surface area contributed by atoms with Crippen LogP contribution in [0.15, 0.2) is 30.3 Å². The van der Waals surface area contributed by atoms with E-state index in [4.69, 9.17) is 4.74 Å². The second kappa shape index (κ2) is 5.45. The van der Waals surface area contributed by atoms with E-state index in [2.05, 4.69) is 0 Å². The van der Waals surface area contributed by atoms with E-state index in [1.54, 1.807) is 17.9 Å². The van der Waals surface area contributed by atoms with Crippen LogP contribution >= 0.6 is 0 Å². The minimum atomic E-state index is -0.720. The van der Waals surface area contributed by atoms with E-state index in [0.717, 1.165) is 11.3 Å². The SMILES string of the molecule is CCOc1ccc(C=CC(=O)N2CC(C)(O)C2)cc1. The van der Waals surface area contributed by atoms with Gasteiger partial charge in [0.25, 0.3) is 0 Å². The zero-order chi connectivity index (χ0) is 13.9. The van der Waals surface area contributed by atoms with E-state index >= 15 is 0 Å². The van der Waals surface area contributed by atoms with E-state index in [1.807, 2.05) is 31.2 Å².